The van der Waals surface area contributed by atoms with E-state index in [1.807, 2.05) is 6.07 Å². The third-order valence-electron chi connectivity index (χ3n) is 5.77. The SMILES string of the molecule is Cc1cc(Nc2ncn(-c3ccc(F)c(F)c3)n2)cc(N2CC(N3CCOCC3)C2)c1. The molecule has 1 N–H and O–H groups in total. The molecule has 2 fully saturated rings. The fourth-order valence-electron chi connectivity index (χ4n) is 4.06. The van der Waals surface area contributed by atoms with Crippen LogP contribution in [0.3, 0.4) is 0 Å². The first-order chi connectivity index (χ1) is 15.0. The number of halogens is 2. The van der Waals surface area contributed by atoms with Crippen LogP contribution >= 0.6 is 0 Å². The lowest BCUT2D eigenvalue weighted by atomic mass is 10.0. The summed E-state index contributed by atoms with van der Waals surface area (Å²) in [6.07, 6.45) is 1.47. The Kier molecular flexibility index (Phi) is 5.29. The summed E-state index contributed by atoms with van der Waals surface area (Å²) in [6, 6.07) is 10.5. The lowest BCUT2D eigenvalue weighted by Crippen LogP contribution is -2.61. The molecule has 1 aromatic heterocycles. The number of rotatable bonds is 5. The highest BCUT2D eigenvalue weighted by Crippen LogP contribution is 2.29. The largest absolute Gasteiger partial charge is 0.379 e. The molecule has 0 amide bonds. The Morgan fingerprint density at radius 1 is 1.00 bits per heavy atom. The molecule has 0 bridgehead atoms. The van der Waals surface area contributed by atoms with E-state index in [-0.39, 0.29) is 0 Å². The molecule has 0 atom stereocenters. The van der Waals surface area contributed by atoms with Crippen LogP contribution in [0.2, 0.25) is 0 Å². The molecule has 7 nitrogen and oxygen atoms in total. The summed E-state index contributed by atoms with van der Waals surface area (Å²) in [6.45, 7) is 7.72. The molecule has 2 aromatic carbocycles. The first-order valence-electron chi connectivity index (χ1n) is 10.4. The van der Waals surface area contributed by atoms with E-state index in [9.17, 15) is 8.78 Å². The van der Waals surface area contributed by atoms with Crippen LogP contribution in [-0.2, 0) is 4.74 Å². The summed E-state index contributed by atoms with van der Waals surface area (Å²) < 4.78 is 33.5. The van der Waals surface area contributed by atoms with Gasteiger partial charge in [-0.2, -0.15) is 4.98 Å². The molecular weight excluding hydrogens is 402 g/mol. The first-order valence-corrected chi connectivity index (χ1v) is 10.4. The van der Waals surface area contributed by atoms with Crippen LogP contribution < -0.4 is 10.2 Å². The van der Waals surface area contributed by atoms with Gasteiger partial charge in [-0.15, -0.1) is 5.10 Å². The maximum absolute atomic E-state index is 13.5. The van der Waals surface area contributed by atoms with Crippen LogP contribution in [0.1, 0.15) is 5.56 Å². The van der Waals surface area contributed by atoms with Crippen LogP contribution in [0.15, 0.2) is 42.7 Å². The van der Waals surface area contributed by atoms with Crippen molar-refractivity contribution in [2.45, 2.75) is 13.0 Å². The minimum Gasteiger partial charge on any atom is -0.379 e. The Bertz CT molecular complexity index is 1080. The van der Waals surface area contributed by atoms with Gasteiger partial charge in [0.25, 0.3) is 0 Å². The summed E-state index contributed by atoms with van der Waals surface area (Å²) >= 11 is 0. The molecule has 0 spiro atoms. The summed E-state index contributed by atoms with van der Waals surface area (Å²) in [5.74, 6) is -1.43. The fraction of sp³-hybridized carbons (Fsp3) is 0.364. The maximum Gasteiger partial charge on any atom is 0.246 e. The maximum atomic E-state index is 13.5. The zero-order valence-electron chi connectivity index (χ0n) is 17.3. The van der Waals surface area contributed by atoms with Gasteiger partial charge in [-0.1, -0.05) is 0 Å². The number of aryl methyl sites for hydroxylation is 1. The number of nitrogens with zero attached hydrogens (tertiary/aromatic N) is 5. The van der Waals surface area contributed by atoms with E-state index in [2.05, 4.69) is 44.3 Å². The molecule has 162 valence electrons. The van der Waals surface area contributed by atoms with Gasteiger partial charge in [-0.25, -0.2) is 13.5 Å². The minimum atomic E-state index is -0.921. The van der Waals surface area contributed by atoms with Gasteiger partial charge in [0, 0.05) is 49.7 Å². The molecule has 2 saturated heterocycles. The third-order valence-corrected chi connectivity index (χ3v) is 5.77. The number of hydrogen-bond donors (Lipinski definition) is 1. The number of ether oxygens (including phenoxy) is 1. The molecule has 31 heavy (non-hydrogen) atoms. The Balaban J connectivity index is 1.27. The van der Waals surface area contributed by atoms with Gasteiger partial charge < -0.3 is 15.0 Å². The fourth-order valence-corrected chi connectivity index (χ4v) is 4.06. The number of hydrogen-bond acceptors (Lipinski definition) is 6. The smallest absolute Gasteiger partial charge is 0.246 e. The van der Waals surface area contributed by atoms with Gasteiger partial charge >= 0.3 is 0 Å². The van der Waals surface area contributed by atoms with Crippen molar-refractivity contribution < 1.29 is 13.5 Å². The summed E-state index contributed by atoms with van der Waals surface area (Å²) in [4.78, 5) is 9.11. The second kappa shape index (κ2) is 8.24. The van der Waals surface area contributed by atoms with Gasteiger partial charge in [0.05, 0.1) is 18.9 Å². The average molecular weight is 426 g/mol. The lowest BCUT2D eigenvalue weighted by molar-refractivity contribution is 0.0105. The molecule has 3 heterocycles. The Hall–Kier alpha value is -3.04. The summed E-state index contributed by atoms with van der Waals surface area (Å²) in [5.41, 5.74) is 3.58. The highest BCUT2D eigenvalue weighted by Gasteiger charge is 2.32. The van der Waals surface area contributed by atoms with E-state index in [1.165, 1.54) is 17.1 Å². The molecule has 0 unspecified atom stereocenters. The van der Waals surface area contributed by atoms with E-state index in [0.717, 1.165) is 68.5 Å². The van der Waals surface area contributed by atoms with Crippen LogP contribution in [-0.4, -0.2) is 65.1 Å². The number of nitrogens with one attached hydrogen (secondary N) is 1. The highest BCUT2D eigenvalue weighted by molar-refractivity contribution is 5.65. The van der Waals surface area contributed by atoms with Crippen LogP contribution in [0.25, 0.3) is 5.69 Å². The van der Waals surface area contributed by atoms with Crippen molar-refractivity contribution in [2.24, 2.45) is 0 Å². The van der Waals surface area contributed by atoms with E-state index in [0.29, 0.717) is 17.7 Å². The Morgan fingerprint density at radius 3 is 2.58 bits per heavy atom. The number of aromatic nitrogens is 3. The van der Waals surface area contributed by atoms with Crippen molar-refractivity contribution in [3.63, 3.8) is 0 Å². The zero-order valence-corrected chi connectivity index (χ0v) is 17.3. The molecule has 0 aliphatic carbocycles. The Labute approximate surface area is 179 Å². The van der Waals surface area contributed by atoms with E-state index in [1.54, 1.807) is 0 Å². The molecular formula is C22H24F2N6O. The van der Waals surface area contributed by atoms with Gasteiger partial charge in [-0.05, 0) is 42.8 Å². The molecule has 9 heteroatoms. The van der Waals surface area contributed by atoms with E-state index in [4.69, 9.17) is 4.74 Å². The van der Waals surface area contributed by atoms with Crippen molar-refractivity contribution >= 4 is 17.3 Å². The molecule has 3 aromatic rings. The van der Waals surface area contributed by atoms with Gasteiger partial charge in [0.1, 0.15) is 6.33 Å². The van der Waals surface area contributed by atoms with E-state index < -0.39 is 11.6 Å². The van der Waals surface area contributed by atoms with Crippen molar-refractivity contribution in [1.82, 2.24) is 19.7 Å². The number of benzene rings is 2. The second-order valence-corrected chi connectivity index (χ2v) is 8.00. The lowest BCUT2D eigenvalue weighted by Gasteiger charge is -2.47. The van der Waals surface area contributed by atoms with Gasteiger partial charge in [-0.3, -0.25) is 4.90 Å². The quantitative estimate of drug-likeness (QED) is 0.677. The monoisotopic (exact) mass is 426 g/mol. The van der Waals surface area contributed by atoms with Crippen molar-refractivity contribution in [3.8, 4) is 5.69 Å². The summed E-state index contributed by atoms with van der Waals surface area (Å²) in [7, 11) is 0. The normalized spacial score (nSPS) is 17.6. The number of morpholine rings is 1. The second-order valence-electron chi connectivity index (χ2n) is 8.00. The Morgan fingerprint density at radius 2 is 1.81 bits per heavy atom. The average Bonchev–Trinajstić information content (AvgIpc) is 3.18. The predicted molar refractivity (Wildman–Crippen MR) is 114 cm³/mol. The zero-order chi connectivity index (χ0) is 21.4. The number of anilines is 3. The summed E-state index contributed by atoms with van der Waals surface area (Å²) in [5, 5.41) is 7.55. The van der Waals surface area contributed by atoms with Crippen molar-refractivity contribution in [2.75, 3.05) is 49.6 Å². The van der Waals surface area contributed by atoms with Crippen LogP contribution in [0, 0.1) is 18.6 Å². The predicted octanol–water partition coefficient (Wildman–Crippen LogP) is 3.12. The molecule has 2 aliphatic rings. The van der Waals surface area contributed by atoms with Crippen molar-refractivity contribution in [3.05, 3.63) is 59.9 Å². The van der Waals surface area contributed by atoms with E-state index >= 15 is 0 Å². The van der Waals surface area contributed by atoms with Crippen LogP contribution in [0.5, 0.6) is 0 Å². The van der Waals surface area contributed by atoms with Crippen molar-refractivity contribution in [1.29, 1.82) is 0 Å². The third kappa shape index (κ3) is 4.24. The van der Waals surface area contributed by atoms with Gasteiger partial charge in [0.2, 0.25) is 5.95 Å². The molecule has 0 saturated carbocycles. The molecule has 5 rings (SSSR count). The minimum absolute atomic E-state index is 0.385. The van der Waals surface area contributed by atoms with Crippen LogP contribution in [0.4, 0.5) is 26.1 Å². The highest BCUT2D eigenvalue weighted by atomic mass is 19.2. The standard InChI is InChI=1S/C22H24F2N6O/c1-15-8-16(10-18(9-15)29-12-19(13-29)28-4-6-31-7-5-28)26-22-25-14-30(27-22)17-2-3-20(23)21(24)11-17/h2-3,8-11,14,19H,4-7,12-13H2,1H3,(H,26,27). The molecule has 2 aliphatic heterocycles. The van der Waals surface area contributed by atoms with Gasteiger partial charge in [0.15, 0.2) is 11.6 Å². The topological polar surface area (TPSA) is 58.5 Å². The molecule has 0 radical (unpaired) electrons. The first kappa shape index (κ1) is 19.9.